The Balaban J connectivity index is 1.79. The molecule has 0 radical (unpaired) electrons. The first-order valence-electron chi connectivity index (χ1n) is 8.45. The molecular weight excluding hydrogens is 397 g/mol. The minimum Gasteiger partial charge on any atom is -0.495 e. The van der Waals surface area contributed by atoms with Gasteiger partial charge in [-0.05, 0) is 24.3 Å². The predicted octanol–water partition coefficient (Wildman–Crippen LogP) is 3.10. The van der Waals surface area contributed by atoms with Crippen molar-refractivity contribution in [2.75, 3.05) is 38.2 Å². The van der Waals surface area contributed by atoms with E-state index in [1.54, 1.807) is 7.11 Å². The van der Waals surface area contributed by atoms with E-state index in [0.29, 0.717) is 18.8 Å². The van der Waals surface area contributed by atoms with Crippen molar-refractivity contribution in [3.8, 4) is 11.5 Å². The normalized spacial score (nSPS) is 16.1. The van der Waals surface area contributed by atoms with Gasteiger partial charge in [-0.1, -0.05) is 24.3 Å². The van der Waals surface area contributed by atoms with Crippen molar-refractivity contribution in [3.05, 3.63) is 48.5 Å². The van der Waals surface area contributed by atoms with Gasteiger partial charge in [-0.15, -0.1) is 13.2 Å². The number of alkyl halides is 3. The summed E-state index contributed by atoms with van der Waals surface area (Å²) in [5, 5.41) is 0. The molecule has 0 atom stereocenters. The number of methoxy groups -OCH3 is 1. The maximum atomic E-state index is 12.9. The highest BCUT2D eigenvalue weighted by Gasteiger charge is 2.36. The number of hydrogen-bond donors (Lipinski definition) is 0. The Hall–Kier alpha value is -2.46. The van der Waals surface area contributed by atoms with Gasteiger partial charge in [0, 0.05) is 26.2 Å². The number of nitrogens with zero attached hydrogens (tertiary/aromatic N) is 2. The summed E-state index contributed by atoms with van der Waals surface area (Å²) in [6.07, 6.45) is -4.98. The van der Waals surface area contributed by atoms with Gasteiger partial charge < -0.3 is 14.4 Å². The number of piperazine rings is 1. The molecule has 2 aromatic carbocycles. The summed E-state index contributed by atoms with van der Waals surface area (Å²) in [5.74, 6) is -0.0649. The van der Waals surface area contributed by atoms with E-state index in [1.807, 2.05) is 29.2 Å². The number of benzene rings is 2. The Labute approximate surface area is 161 Å². The Kier molecular flexibility index (Phi) is 5.71. The van der Waals surface area contributed by atoms with E-state index < -0.39 is 27.0 Å². The maximum absolute atomic E-state index is 12.9. The summed E-state index contributed by atoms with van der Waals surface area (Å²) in [7, 11) is -2.58. The van der Waals surface area contributed by atoms with E-state index in [9.17, 15) is 21.6 Å². The van der Waals surface area contributed by atoms with Crippen LogP contribution < -0.4 is 14.4 Å². The molecule has 6 nitrogen and oxygen atoms in total. The molecule has 0 unspecified atom stereocenters. The summed E-state index contributed by atoms with van der Waals surface area (Å²) in [5.41, 5.74) is 0.836. The Bertz CT molecular complexity index is 926. The molecule has 1 heterocycles. The molecule has 0 N–H and O–H groups in total. The molecule has 1 aliphatic rings. The van der Waals surface area contributed by atoms with E-state index in [2.05, 4.69) is 4.74 Å². The van der Waals surface area contributed by atoms with Crippen LogP contribution in [0.2, 0.25) is 0 Å². The Morgan fingerprint density at radius 2 is 1.46 bits per heavy atom. The van der Waals surface area contributed by atoms with Crippen molar-refractivity contribution < 1.29 is 31.1 Å². The molecule has 1 fully saturated rings. The van der Waals surface area contributed by atoms with Crippen LogP contribution in [0.5, 0.6) is 11.5 Å². The fourth-order valence-corrected chi connectivity index (χ4v) is 4.61. The first kappa shape index (κ1) is 20.3. The molecule has 1 aliphatic heterocycles. The van der Waals surface area contributed by atoms with Crippen LogP contribution in [-0.4, -0.2) is 52.4 Å². The molecule has 0 spiro atoms. The van der Waals surface area contributed by atoms with Crippen LogP contribution in [0.4, 0.5) is 18.9 Å². The van der Waals surface area contributed by atoms with E-state index >= 15 is 0 Å². The molecule has 3 rings (SSSR count). The third kappa shape index (κ3) is 4.33. The number of ether oxygens (including phenoxy) is 2. The van der Waals surface area contributed by atoms with Gasteiger partial charge in [-0.25, -0.2) is 8.42 Å². The minimum atomic E-state index is -4.98. The van der Waals surface area contributed by atoms with Crippen molar-refractivity contribution in [3.63, 3.8) is 0 Å². The van der Waals surface area contributed by atoms with Gasteiger partial charge in [-0.2, -0.15) is 4.31 Å². The second kappa shape index (κ2) is 7.88. The van der Waals surface area contributed by atoms with Crippen LogP contribution in [0, 0.1) is 0 Å². The topological polar surface area (TPSA) is 59.1 Å². The second-order valence-corrected chi connectivity index (χ2v) is 7.96. The molecule has 0 aliphatic carbocycles. The molecule has 152 valence electrons. The van der Waals surface area contributed by atoms with Crippen LogP contribution in [0.1, 0.15) is 0 Å². The highest BCUT2D eigenvalue weighted by atomic mass is 32.2. The van der Waals surface area contributed by atoms with E-state index in [4.69, 9.17) is 4.74 Å². The largest absolute Gasteiger partial charge is 0.573 e. The summed E-state index contributed by atoms with van der Waals surface area (Å²) >= 11 is 0. The quantitative estimate of drug-likeness (QED) is 0.750. The zero-order chi connectivity index (χ0) is 20.4. The molecule has 0 saturated carbocycles. The highest BCUT2D eigenvalue weighted by Crippen LogP contribution is 2.33. The standard InChI is InChI=1S/C18H19F3N2O4S/c1-26-15-7-3-2-6-14(15)22-10-12-23(13-11-22)28(24,25)17-9-5-4-8-16(17)27-18(19,20)21/h2-9H,10-13H2,1H3. The van der Waals surface area contributed by atoms with Gasteiger partial charge in [0.2, 0.25) is 10.0 Å². The zero-order valence-electron chi connectivity index (χ0n) is 15.0. The van der Waals surface area contributed by atoms with Crippen molar-refractivity contribution in [2.24, 2.45) is 0 Å². The fraction of sp³-hybridized carbons (Fsp3) is 0.333. The SMILES string of the molecule is COc1ccccc1N1CCN(S(=O)(=O)c2ccccc2OC(F)(F)F)CC1. The molecule has 2 aromatic rings. The molecule has 10 heteroatoms. The molecule has 28 heavy (non-hydrogen) atoms. The maximum Gasteiger partial charge on any atom is 0.573 e. The summed E-state index contributed by atoms with van der Waals surface area (Å²) in [6, 6.07) is 12.1. The Morgan fingerprint density at radius 3 is 2.07 bits per heavy atom. The van der Waals surface area contributed by atoms with E-state index in [-0.39, 0.29) is 13.1 Å². The van der Waals surface area contributed by atoms with Gasteiger partial charge in [0.05, 0.1) is 12.8 Å². The third-order valence-electron chi connectivity index (χ3n) is 4.36. The van der Waals surface area contributed by atoms with Crippen molar-refractivity contribution in [2.45, 2.75) is 11.3 Å². The van der Waals surface area contributed by atoms with Crippen molar-refractivity contribution >= 4 is 15.7 Å². The van der Waals surface area contributed by atoms with Gasteiger partial charge in [0.25, 0.3) is 0 Å². The molecule has 0 amide bonds. The smallest absolute Gasteiger partial charge is 0.495 e. The number of anilines is 1. The van der Waals surface area contributed by atoms with Crippen LogP contribution in [-0.2, 0) is 10.0 Å². The van der Waals surface area contributed by atoms with Gasteiger partial charge in [0.15, 0.2) is 0 Å². The third-order valence-corrected chi connectivity index (χ3v) is 6.30. The predicted molar refractivity (Wildman–Crippen MR) is 97.1 cm³/mol. The highest BCUT2D eigenvalue weighted by molar-refractivity contribution is 7.89. The fourth-order valence-electron chi connectivity index (χ4n) is 3.07. The van der Waals surface area contributed by atoms with Crippen LogP contribution >= 0.6 is 0 Å². The lowest BCUT2D eigenvalue weighted by molar-refractivity contribution is -0.275. The van der Waals surface area contributed by atoms with Gasteiger partial charge in [0.1, 0.15) is 16.4 Å². The van der Waals surface area contributed by atoms with Crippen LogP contribution in [0.25, 0.3) is 0 Å². The van der Waals surface area contributed by atoms with Gasteiger partial charge in [-0.3, -0.25) is 0 Å². The average Bonchev–Trinajstić information content (AvgIpc) is 2.67. The van der Waals surface area contributed by atoms with Gasteiger partial charge >= 0.3 is 6.36 Å². The Morgan fingerprint density at radius 1 is 0.893 bits per heavy atom. The van der Waals surface area contributed by atoms with Crippen molar-refractivity contribution in [1.82, 2.24) is 4.31 Å². The molecule has 1 saturated heterocycles. The van der Waals surface area contributed by atoms with Crippen molar-refractivity contribution in [1.29, 1.82) is 0 Å². The number of halogens is 3. The monoisotopic (exact) mass is 416 g/mol. The molecular formula is C18H19F3N2O4S. The minimum absolute atomic E-state index is 0.126. The number of rotatable bonds is 5. The lowest BCUT2D eigenvalue weighted by atomic mass is 10.2. The zero-order valence-corrected chi connectivity index (χ0v) is 15.8. The number of sulfonamides is 1. The number of para-hydroxylation sites is 3. The summed E-state index contributed by atoms with van der Waals surface area (Å²) < 4.78 is 74.0. The average molecular weight is 416 g/mol. The van der Waals surface area contributed by atoms with Crippen LogP contribution in [0.3, 0.4) is 0 Å². The lowest BCUT2D eigenvalue weighted by Crippen LogP contribution is -2.48. The number of hydrogen-bond acceptors (Lipinski definition) is 5. The summed E-state index contributed by atoms with van der Waals surface area (Å²) in [6.45, 7) is 1.01. The molecule has 0 bridgehead atoms. The van der Waals surface area contributed by atoms with E-state index in [1.165, 1.54) is 12.1 Å². The summed E-state index contributed by atoms with van der Waals surface area (Å²) in [4.78, 5) is 1.47. The van der Waals surface area contributed by atoms with E-state index in [0.717, 1.165) is 22.1 Å². The molecule has 0 aromatic heterocycles. The second-order valence-electron chi connectivity index (χ2n) is 6.06. The first-order valence-corrected chi connectivity index (χ1v) is 9.89. The first-order chi connectivity index (χ1) is 13.2. The lowest BCUT2D eigenvalue weighted by Gasteiger charge is -2.36. The van der Waals surface area contributed by atoms with Crippen LogP contribution in [0.15, 0.2) is 53.4 Å².